The monoisotopic (exact) mass is 391 g/mol. The fourth-order valence-electron chi connectivity index (χ4n) is 3.48. The number of carbonyl (C=O) groups excluding carboxylic acids is 1. The maximum atomic E-state index is 12.6. The van der Waals surface area contributed by atoms with E-state index in [1.807, 2.05) is 36.4 Å². The molecule has 0 radical (unpaired) electrons. The van der Waals surface area contributed by atoms with Crippen LogP contribution in [0.1, 0.15) is 16.1 Å². The highest BCUT2D eigenvalue weighted by atomic mass is 16.6. The molecular formula is C21H17N3O5. The molecule has 0 atom stereocenters. The lowest BCUT2D eigenvalue weighted by Crippen LogP contribution is -2.17. The lowest BCUT2D eigenvalue weighted by Gasteiger charge is -2.22. The molecule has 0 saturated heterocycles. The Bertz CT molecular complexity index is 1220. The second-order valence-electron chi connectivity index (χ2n) is 6.45. The average molecular weight is 391 g/mol. The Labute approximate surface area is 165 Å². The zero-order valence-electron chi connectivity index (χ0n) is 15.6. The number of fused-ring (bicyclic) bond motifs is 5. The van der Waals surface area contributed by atoms with Crippen molar-refractivity contribution in [1.29, 1.82) is 0 Å². The number of ether oxygens (including phenoxy) is 4. The first-order chi connectivity index (χ1) is 14.3. The van der Waals surface area contributed by atoms with E-state index < -0.39 is 5.97 Å². The number of nitrogens with zero attached hydrogens (tertiary/aromatic N) is 3. The largest absolute Gasteiger partial charge is 0.486 e. The second kappa shape index (κ2) is 6.97. The summed E-state index contributed by atoms with van der Waals surface area (Å²) >= 11 is 0. The molecule has 1 aliphatic rings. The van der Waals surface area contributed by atoms with E-state index >= 15 is 0 Å². The Morgan fingerprint density at radius 1 is 1.14 bits per heavy atom. The van der Waals surface area contributed by atoms with Gasteiger partial charge in [0, 0.05) is 5.39 Å². The molecule has 0 N–H and O–H groups in total. The van der Waals surface area contributed by atoms with Gasteiger partial charge in [-0.3, -0.25) is 0 Å². The Balaban J connectivity index is 1.78. The summed E-state index contributed by atoms with van der Waals surface area (Å²) in [7, 11) is 1.32. The van der Waals surface area contributed by atoms with Crippen molar-refractivity contribution in [3.8, 4) is 17.2 Å². The number of aromatic nitrogens is 3. The van der Waals surface area contributed by atoms with E-state index in [2.05, 4.69) is 10.1 Å². The third kappa shape index (κ3) is 2.80. The van der Waals surface area contributed by atoms with Crippen molar-refractivity contribution in [1.82, 2.24) is 14.6 Å². The molecule has 8 nitrogen and oxygen atoms in total. The fourth-order valence-corrected chi connectivity index (χ4v) is 3.48. The first kappa shape index (κ1) is 17.3. The summed E-state index contributed by atoms with van der Waals surface area (Å²) in [6.45, 7) is 1.17. The van der Waals surface area contributed by atoms with Gasteiger partial charge in [-0.25, -0.2) is 14.3 Å². The van der Waals surface area contributed by atoms with Crippen LogP contribution in [0.15, 0.2) is 48.8 Å². The Morgan fingerprint density at radius 3 is 2.79 bits per heavy atom. The number of benzene rings is 2. The summed E-state index contributed by atoms with van der Waals surface area (Å²) in [4.78, 5) is 17.0. The Hall–Kier alpha value is -3.81. The Morgan fingerprint density at radius 2 is 1.97 bits per heavy atom. The zero-order chi connectivity index (χ0) is 19.8. The molecule has 0 unspecified atom stereocenters. The lowest BCUT2D eigenvalue weighted by molar-refractivity contribution is 0.0585. The smallest absolute Gasteiger partial charge is 0.360 e. The first-order valence-electron chi connectivity index (χ1n) is 9.11. The molecule has 4 aromatic rings. The van der Waals surface area contributed by atoms with Crippen LogP contribution in [0.5, 0.6) is 17.2 Å². The van der Waals surface area contributed by atoms with Crippen LogP contribution >= 0.6 is 0 Å². The fraction of sp³-hybridized carbons (Fsp3) is 0.190. The summed E-state index contributed by atoms with van der Waals surface area (Å²) in [5, 5.41) is 5.58. The summed E-state index contributed by atoms with van der Waals surface area (Å²) in [5.41, 5.74) is 1.60. The molecule has 5 rings (SSSR count). The third-order valence-electron chi connectivity index (χ3n) is 4.76. The van der Waals surface area contributed by atoms with Gasteiger partial charge >= 0.3 is 5.97 Å². The van der Waals surface area contributed by atoms with E-state index in [0.717, 1.165) is 5.56 Å². The molecule has 29 heavy (non-hydrogen) atoms. The highest BCUT2D eigenvalue weighted by Crippen LogP contribution is 2.44. The standard InChI is InChI=1S/C21H17N3O5/c1-26-21(25)17-18(29-11-13-5-3-2-4-6-13)14-7-8-15-19(28-10-9-27-15)16(14)20-22-12-23-24(17)20/h2-8,12H,9-11H2,1H3. The number of methoxy groups -OCH3 is 1. The van der Waals surface area contributed by atoms with Crippen LogP contribution in [0.2, 0.25) is 0 Å². The van der Waals surface area contributed by atoms with Gasteiger partial charge in [0.1, 0.15) is 26.1 Å². The van der Waals surface area contributed by atoms with E-state index in [1.165, 1.54) is 18.0 Å². The summed E-state index contributed by atoms with van der Waals surface area (Å²) in [6.07, 6.45) is 1.38. The van der Waals surface area contributed by atoms with E-state index in [-0.39, 0.29) is 12.3 Å². The quantitative estimate of drug-likeness (QED) is 0.495. The molecule has 0 saturated carbocycles. The molecular weight excluding hydrogens is 374 g/mol. The van der Waals surface area contributed by atoms with Crippen molar-refractivity contribution in [2.75, 3.05) is 20.3 Å². The predicted octanol–water partition coefficient (Wildman–Crippen LogP) is 3.02. The van der Waals surface area contributed by atoms with Crippen molar-refractivity contribution in [3.63, 3.8) is 0 Å². The second-order valence-corrected chi connectivity index (χ2v) is 6.45. The van der Waals surface area contributed by atoms with E-state index in [0.29, 0.717) is 46.9 Å². The Kier molecular flexibility index (Phi) is 4.16. The molecule has 0 aliphatic carbocycles. The van der Waals surface area contributed by atoms with Crippen LogP contribution in [0, 0.1) is 0 Å². The van der Waals surface area contributed by atoms with Crippen LogP contribution in [0.3, 0.4) is 0 Å². The summed E-state index contributed by atoms with van der Waals surface area (Å²) < 4.78 is 24.2. The normalized spacial score (nSPS) is 12.9. The molecule has 2 aromatic heterocycles. The van der Waals surface area contributed by atoms with Crippen LogP contribution in [-0.2, 0) is 11.3 Å². The van der Waals surface area contributed by atoms with Gasteiger partial charge in [-0.05, 0) is 17.7 Å². The molecule has 2 aromatic carbocycles. The summed E-state index contributed by atoms with van der Waals surface area (Å²) in [6, 6.07) is 13.3. The van der Waals surface area contributed by atoms with Gasteiger partial charge in [-0.1, -0.05) is 30.3 Å². The van der Waals surface area contributed by atoms with Gasteiger partial charge in [0.15, 0.2) is 28.6 Å². The van der Waals surface area contributed by atoms with Gasteiger partial charge in [0.25, 0.3) is 0 Å². The minimum absolute atomic E-state index is 0.167. The number of rotatable bonds is 4. The maximum absolute atomic E-state index is 12.6. The van der Waals surface area contributed by atoms with Crippen molar-refractivity contribution in [2.45, 2.75) is 6.61 Å². The molecule has 1 aliphatic heterocycles. The van der Waals surface area contributed by atoms with Gasteiger partial charge in [-0.2, -0.15) is 5.10 Å². The number of esters is 1. The maximum Gasteiger partial charge on any atom is 0.360 e. The molecule has 0 fully saturated rings. The van der Waals surface area contributed by atoms with E-state index in [1.54, 1.807) is 6.07 Å². The zero-order valence-corrected chi connectivity index (χ0v) is 15.6. The highest BCUT2D eigenvalue weighted by Gasteiger charge is 2.28. The minimum atomic E-state index is -0.569. The minimum Gasteiger partial charge on any atom is -0.486 e. The molecule has 3 heterocycles. The molecule has 146 valence electrons. The van der Waals surface area contributed by atoms with Crippen molar-refractivity contribution in [3.05, 3.63) is 60.0 Å². The average Bonchev–Trinajstić information content (AvgIpc) is 3.26. The van der Waals surface area contributed by atoms with Gasteiger partial charge in [0.2, 0.25) is 0 Å². The molecule has 8 heteroatoms. The SMILES string of the molecule is COC(=O)c1c(OCc2ccccc2)c2ccc3c(c2c2ncnn12)OCCO3. The number of hydrogen-bond donors (Lipinski definition) is 0. The highest BCUT2D eigenvalue weighted by molar-refractivity contribution is 6.08. The van der Waals surface area contributed by atoms with Crippen LogP contribution in [-0.4, -0.2) is 40.9 Å². The van der Waals surface area contributed by atoms with Gasteiger partial charge < -0.3 is 18.9 Å². The van der Waals surface area contributed by atoms with Crippen molar-refractivity contribution >= 4 is 22.4 Å². The first-order valence-corrected chi connectivity index (χ1v) is 9.11. The van der Waals surface area contributed by atoms with Crippen LogP contribution in [0.4, 0.5) is 0 Å². The van der Waals surface area contributed by atoms with Crippen LogP contribution in [0.25, 0.3) is 16.4 Å². The molecule has 0 amide bonds. The summed E-state index contributed by atoms with van der Waals surface area (Å²) in [5.74, 6) is 0.965. The van der Waals surface area contributed by atoms with E-state index in [4.69, 9.17) is 18.9 Å². The van der Waals surface area contributed by atoms with Crippen molar-refractivity contribution < 1.29 is 23.7 Å². The van der Waals surface area contributed by atoms with E-state index in [9.17, 15) is 4.79 Å². The predicted molar refractivity (Wildman–Crippen MR) is 104 cm³/mol. The number of pyridine rings is 1. The molecule has 0 spiro atoms. The van der Waals surface area contributed by atoms with Crippen molar-refractivity contribution in [2.24, 2.45) is 0 Å². The van der Waals surface area contributed by atoms with Gasteiger partial charge in [0.05, 0.1) is 12.5 Å². The topological polar surface area (TPSA) is 84.2 Å². The number of hydrogen-bond acceptors (Lipinski definition) is 7. The third-order valence-corrected chi connectivity index (χ3v) is 4.76. The lowest BCUT2D eigenvalue weighted by atomic mass is 10.1. The molecule has 0 bridgehead atoms. The van der Waals surface area contributed by atoms with Crippen LogP contribution < -0.4 is 14.2 Å². The van der Waals surface area contributed by atoms with Gasteiger partial charge in [-0.15, -0.1) is 0 Å². The number of carbonyl (C=O) groups is 1.